The van der Waals surface area contributed by atoms with Crippen LogP contribution in [-0.2, 0) is 25.7 Å². The van der Waals surface area contributed by atoms with Crippen LogP contribution >= 0.6 is 34.4 Å². The molecule has 3 aliphatic rings. The van der Waals surface area contributed by atoms with Crippen LogP contribution < -0.4 is 9.77 Å². The van der Waals surface area contributed by atoms with E-state index in [1.54, 1.807) is 17.0 Å². The largest absolute Gasteiger partial charge is 0.378 e. The molecule has 3 amide bonds. The summed E-state index contributed by atoms with van der Waals surface area (Å²) >= 11 is 3.84. The number of thioether (sulfide) groups is 1. The van der Waals surface area contributed by atoms with E-state index < -0.39 is 17.1 Å². The number of thiazole rings is 1. The Labute approximate surface area is 219 Å². The molecule has 0 spiro atoms. The lowest BCUT2D eigenvalue weighted by Crippen LogP contribution is -2.43. The Morgan fingerprint density at radius 1 is 1.06 bits per heavy atom. The van der Waals surface area contributed by atoms with E-state index in [9.17, 15) is 19.2 Å². The van der Waals surface area contributed by atoms with Crippen LogP contribution in [0.5, 0.6) is 0 Å². The lowest BCUT2D eigenvalue weighted by atomic mass is 9.87. The highest BCUT2D eigenvalue weighted by Gasteiger charge is 2.57. The van der Waals surface area contributed by atoms with Crippen molar-refractivity contribution >= 4 is 57.8 Å². The minimum Gasteiger partial charge on any atom is -0.378 e. The van der Waals surface area contributed by atoms with Crippen molar-refractivity contribution in [3.8, 4) is 0 Å². The van der Waals surface area contributed by atoms with Gasteiger partial charge < -0.3 is 9.64 Å². The predicted molar refractivity (Wildman–Crippen MR) is 139 cm³/mol. The molecule has 36 heavy (non-hydrogen) atoms. The van der Waals surface area contributed by atoms with Crippen LogP contribution in [0.3, 0.4) is 0 Å². The molecule has 0 radical (unpaired) electrons. The van der Waals surface area contributed by atoms with Crippen LogP contribution in [0.2, 0.25) is 0 Å². The minimum atomic E-state index is -0.669. The third kappa shape index (κ3) is 3.85. The number of thiophene rings is 1. The first kappa shape index (κ1) is 23.7. The molecule has 3 atom stereocenters. The Morgan fingerprint density at radius 2 is 1.81 bits per heavy atom. The van der Waals surface area contributed by atoms with Gasteiger partial charge in [0.2, 0.25) is 17.7 Å². The quantitative estimate of drug-likeness (QED) is 0.472. The van der Waals surface area contributed by atoms with Crippen LogP contribution in [-0.4, -0.2) is 58.7 Å². The summed E-state index contributed by atoms with van der Waals surface area (Å²) in [6.45, 7) is 3.81. The maximum Gasteiger partial charge on any atom is 0.308 e. The van der Waals surface area contributed by atoms with Gasteiger partial charge in [0.25, 0.3) is 0 Å². The van der Waals surface area contributed by atoms with Gasteiger partial charge in [-0.05, 0) is 30.5 Å². The molecule has 6 rings (SSSR count). The summed E-state index contributed by atoms with van der Waals surface area (Å²) in [7, 11) is 0. The third-order valence-corrected chi connectivity index (χ3v) is 10.4. The van der Waals surface area contributed by atoms with Crippen molar-refractivity contribution in [2.75, 3.05) is 31.2 Å². The van der Waals surface area contributed by atoms with E-state index in [0.717, 1.165) is 26.7 Å². The number of fused-ring (bicyclic) bond motifs is 2. The van der Waals surface area contributed by atoms with E-state index in [1.165, 1.54) is 32.6 Å². The van der Waals surface area contributed by atoms with E-state index in [1.807, 2.05) is 36.6 Å². The maximum absolute atomic E-state index is 13.8. The van der Waals surface area contributed by atoms with Crippen molar-refractivity contribution in [1.29, 1.82) is 0 Å². The summed E-state index contributed by atoms with van der Waals surface area (Å²) in [6.07, 6.45) is 0. The van der Waals surface area contributed by atoms with E-state index in [4.69, 9.17) is 4.74 Å². The highest BCUT2D eigenvalue weighted by atomic mass is 32.2. The fourth-order valence-electron chi connectivity index (χ4n) is 5.03. The van der Waals surface area contributed by atoms with Crippen molar-refractivity contribution < 1.29 is 19.1 Å². The van der Waals surface area contributed by atoms with Crippen molar-refractivity contribution in [3.63, 3.8) is 0 Å². The number of amides is 3. The molecule has 3 aromatic rings. The smallest absolute Gasteiger partial charge is 0.308 e. The number of aromatic nitrogens is 1. The summed E-state index contributed by atoms with van der Waals surface area (Å²) in [5.74, 6) is -1.70. The fraction of sp³-hybridized carbons (Fsp3) is 0.360. The zero-order valence-corrected chi connectivity index (χ0v) is 21.9. The average molecular weight is 542 g/mol. The van der Waals surface area contributed by atoms with E-state index in [-0.39, 0.29) is 29.1 Å². The highest BCUT2D eigenvalue weighted by Crippen LogP contribution is 2.54. The first-order valence-corrected chi connectivity index (χ1v) is 14.2. The predicted octanol–water partition coefficient (Wildman–Crippen LogP) is 2.93. The number of carbonyl (C=O) groups is 3. The number of morpholine rings is 1. The van der Waals surface area contributed by atoms with Gasteiger partial charge in [0.1, 0.15) is 11.8 Å². The molecule has 0 saturated carbocycles. The highest BCUT2D eigenvalue weighted by molar-refractivity contribution is 8.00. The first-order chi connectivity index (χ1) is 17.4. The van der Waals surface area contributed by atoms with E-state index in [0.29, 0.717) is 37.0 Å². The summed E-state index contributed by atoms with van der Waals surface area (Å²) < 4.78 is 6.83. The van der Waals surface area contributed by atoms with Crippen molar-refractivity contribution in [2.24, 2.45) is 5.92 Å². The van der Waals surface area contributed by atoms with Crippen molar-refractivity contribution in [1.82, 2.24) is 9.47 Å². The van der Waals surface area contributed by atoms with E-state index >= 15 is 0 Å². The Morgan fingerprint density at radius 3 is 2.50 bits per heavy atom. The van der Waals surface area contributed by atoms with Gasteiger partial charge in [0.15, 0.2) is 0 Å². The number of rotatable bonds is 4. The molecule has 1 aromatic carbocycles. The molecule has 0 unspecified atom stereocenters. The molecule has 11 heteroatoms. The Balaban J connectivity index is 1.41. The molecule has 2 saturated heterocycles. The lowest BCUT2D eigenvalue weighted by Gasteiger charge is -2.30. The number of hydrogen-bond acceptors (Lipinski definition) is 8. The second-order valence-corrected chi connectivity index (χ2v) is 12.1. The van der Waals surface area contributed by atoms with Crippen molar-refractivity contribution in [3.05, 3.63) is 66.8 Å². The van der Waals surface area contributed by atoms with Gasteiger partial charge in [-0.25, -0.2) is 4.90 Å². The number of hydrogen-bond donors (Lipinski definition) is 0. The van der Waals surface area contributed by atoms with Gasteiger partial charge in [-0.3, -0.25) is 23.7 Å². The molecular weight excluding hydrogens is 518 g/mol. The van der Waals surface area contributed by atoms with Crippen LogP contribution in [0.25, 0.3) is 0 Å². The van der Waals surface area contributed by atoms with Gasteiger partial charge >= 0.3 is 4.87 Å². The second-order valence-electron chi connectivity index (χ2n) is 9.02. The average Bonchev–Trinajstić information content (AvgIpc) is 3.58. The van der Waals surface area contributed by atoms with E-state index in [2.05, 4.69) is 0 Å². The number of imide groups is 1. The Bertz CT molecular complexity index is 1390. The van der Waals surface area contributed by atoms with Gasteiger partial charge in [-0.1, -0.05) is 46.9 Å². The molecule has 0 N–H and O–H groups in total. The molecule has 0 aliphatic carbocycles. The van der Waals surface area contributed by atoms with Crippen LogP contribution in [0.1, 0.15) is 21.2 Å². The van der Waals surface area contributed by atoms with Gasteiger partial charge in [0, 0.05) is 28.8 Å². The molecule has 2 aromatic heterocycles. The summed E-state index contributed by atoms with van der Waals surface area (Å²) in [4.78, 5) is 58.0. The second kappa shape index (κ2) is 9.29. The standard InChI is InChI=1S/C25H23N3O5S3/c1-14-4-6-15(7-5-14)28-22(30)19-18(16-3-2-12-34-16)21-24(35-20(19)23(28)31)27(25(32)36-21)13-17(29)26-8-10-33-11-9-26/h2-7,12,18-20H,8-11,13H2,1H3/t18-,19+,20-/m0/s1. The number of ether oxygens (including phenoxy) is 1. The SMILES string of the molecule is Cc1ccc(N2C(=O)[C@@H]3[C@H](c4cccs4)c4sc(=O)n(CC(=O)N5CCOCC5)c4S[C@@H]3C2=O)cc1. The molecular formula is C25H23N3O5S3. The number of aryl methyl sites for hydroxylation is 1. The zero-order chi connectivity index (χ0) is 25.0. The first-order valence-electron chi connectivity index (χ1n) is 11.7. The van der Waals surface area contributed by atoms with Crippen LogP contribution in [0.4, 0.5) is 5.69 Å². The van der Waals surface area contributed by atoms with Crippen molar-refractivity contribution in [2.45, 2.75) is 29.7 Å². The monoisotopic (exact) mass is 541 g/mol. The lowest BCUT2D eigenvalue weighted by molar-refractivity contribution is -0.136. The van der Waals surface area contributed by atoms with Crippen LogP contribution in [0.15, 0.2) is 51.6 Å². The summed E-state index contributed by atoms with van der Waals surface area (Å²) in [6, 6.07) is 11.2. The number of nitrogens with zero attached hydrogens (tertiary/aromatic N) is 3. The number of anilines is 1. The normalized spacial score (nSPS) is 23.6. The maximum atomic E-state index is 13.8. The topological polar surface area (TPSA) is 88.9 Å². The minimum absolute atomic E-state index is 0.0873. The number of carbonyl (C=O) groups excluding carboxylic acids is 3. The Hall–Kier alpha value is -2.73. The molecule has 5 heterocycles. The zero-order valence-electron chi connectivity index (χ0n) is 19.4. The van der Waals surface area contributed by atoms with Gasteiger partial charge in [-0.2, -0.15) is 0 Å². The molecule has 0 bridgehead atoms. The van der Waals surface area contributed by atoms with Gasteiger partial charge in [-0.15, -0.1) is 11.3 Å². The summed E-state index contributed by atoms with van der Waals surface area (Å²) in [5, 5.41) is 1.89. The molecule has 2 fully saturated rings. The third-order valence-electron chi connectivity index (χ3n) is 6.85. The van der Waals surface area contributed by atoms with Crippen LogP contribution in [0, 0.1) is 12.8 Å². The fourth-order valence-corrected chi connectivity index (χ4v) is 8.75. The Kier molecular flexibility index (Phi) is 6.11. The summed E-state index contributed by atoms with van der Waals surface area (Å²) in [5.41, 5.74) is 1.59. The van der Waals surface area contributed by atoms with Gasteiger partial charge in [0.05, 0.1) is 29.8 Å². The molecule has 3 aliphatic heterocycles. The number of benzene rings is 1. The molecule has 186 valence electrons. The molecule has 8 nitrogen and oxygen atoms in total.